The molecule has 0 radical (unpaired) electrons. The van der Waals surface area contributed by atoms with Crippen LogP contribution in [0.25, 0.3) is 21.8 Å². The minimum absolute atomic E-state index is 0.0230. The summed E-state index contributed by atoms with van der Waals surface area (Å²) in [6, 6.07) is 20.5. The number of aliphatic carboxylic acids is 1. The fourth-order valence-corrected chi connectivity index (χ4v) is 5.63. The van der Waals surface area contributed by atoms with Gasteiger partial charge in [0, 0.05) is 23.8 Å². The second-order valence-corrected chi connectivity index (χ2v) is 10.8. The molecule has 0 aliphatic heterocycles. The lowest BCUT2D eigenvalue weighted by Gasteiger charge is -2.18. The summed E-state index contributed by atoms with van der Waals surface area (Å²) in [4.78, 5) is 33.4. The molecule has 5 rings (SSSR count). The van der Waals surface area contributed by atoms with Gasteiger partial charge in [0.15, 0.2) is 0 Å². The largest absolute Gasteiger partial charge is 0.480 e. The van der Waals surface area contributed by atoms with Crippen molar-refractivity contribution in [2.24, 2.45) is 0 Å². The molecule has 196 valence electrons. The van der Waals surface area contributed by atoms with E-state index in [0.29, 0.717) is 5.52 Å². The molecule has 1 heterocycles. The van der Waals surface area contributed by atoms with Gasteiger partial charge < -0.3 is 10.4 Å². The molecule has 1 atom stereocenters. The number of carboxylic acids is 1. The predicted octanol–water partition coefficient (Wildman–Crippen LogP) is 4.66. The zero-order valence-corrected chi connectivity index (χ0v) is 21.8. The third kappa shape index (κ3) is 5.66. The van der Waals surface area contributed by atoms with Crippen molar-refractivity contribution in [1.29, 1.82) is 0 Å². The number of anilines is 1. The number of aromatic nitrogens is 2. The Kier molecular flexibility index (Phi) is 7.14. The van der Waals surface area contributed by atoms with Crippen molar-refractivity contribution < 1.29 is 23.1 Å². The molecular weight excluding hydrogens is 540 g/mol. The van der Waals surface area contributed by atoms with Crippen LogP contribution in [0.2, 0.25) is 5.02 Å². The Morgan fingerprint density at radius 3 is 2.46 bits per heavy atom. The van der Waals surface area contributed by atoms with Crippen molar-refractivity contribution in [2.45, 2.75) is 17.4 Å². The average Bonchev–Trinajstić information content (AvgIpc) is 2.92. The summed E-state index contributed by atoms with van der Waals surface area (Å²) < 4.78 is 29.1. The second kappa shape index (κ2) is 10.7. The molecule has 0 aliphatic carbocycles. The van der Waals surface area contributed by atoms with Gasteiger partial charge >= 0.3 is 5.97 Å². The summed E-state index contributed by atoms with van der Waals surface area (Å²) in [6.07, 6.45) is 2.85. The highest BCUT2D eigenvalue weighted by molar-refractivity contribution is 7.93. The molecule has 4 aromatic carbocycles. The Hall–Kier alpha value is -4.54. The van der Waals surface area contributed by atoms with Crippen LogP contribution in [-0.4, -0.2) is 41.4 Å². The number of rotatable bonds is 8. The highest BCUT2D eigenvalue weighted by Gasteiger charge is 2.25. The average molecular weight is 561 g/mol. The van der Waals surface area contributed by atoms with Gasteiger partial charge in [0.25, 0.3) is 15.9 Å². The first-order chi connectivity index (χ1) is 18.7. The van der Waals surface area contributed by atoms with Crippen molar-refractivity contribution >= 4 is 61.0 Å². The summed E-state index contributed by atoms with van der Waals surface area (Å²) >= 11 is 6.12. The van der Waals surface area contributed by atoms with E-state index in [0.717, 1.165) is 16.3 Å². The molecule has 0 saturated heterocycles. The maximum absolute atomic E-state index is 13.3. The van der Waals surface area contributed by atoms with E-state index in [-0.39, 0.29) is 33.1 Å². The molecule has 0 saturated carbocycles. The zero-order valence-electron chi connectivity index (χ0n) is 20.2. The van der Waals surface area contributed by atoms with Crippen LogP contribution in [0.5, 0.6) is 0 Å². The number of carboxylic acid groups (broad SMARTS) is 1. The third-order valence-electron chi connectivity index (χ3n) is 6.08. The van der Waals surface area contributed by atoms with Crippen molar-refractivity contribution in [2.75, 3.05) is 4.72 Å². The lowest BCUT2D eigenvalue weighted by molar-refractivity contribution is -0.139. The molecule has 0 aliphatic rings. The number of para-hydroxylation sites is 1. The lowest BCUT2D eigenvalue weighted by Crippen LogP contribution is -2.42. The minimum atomic E-state index is -4.23. The Morgan fingerprint density at radius 1 is 0.897 bits per heavy atom. The quantitative estimate of drug-likeness (QED) is 0.251. The first-order valence-corrected chi connectivity index (χ1v) is 13.6. The van der Waals surface area contributed by atoms with Crippen molar-refractivity contribution in [3.8, 4) is 0 Å². The Morgan fingerprint density at radius 2 is 1.67 bits per heavy atom. The summed E-state index contributed by atoms with van der Waals surface area (Å²) in [5.74, 6) is -2.02. The number of amides is 1. The van der Waals surface area contributed by atoms with E-state index in [4.69, 9.17) is 11.6 Å². The lowest BCUT2D eigenvalue weighted by atomic mass is 10.0. The van der Waals surface area contributed by atoms with E-state index in [1.165, 1.54) is 42.7 Å². The number of carbonyl (C=O) groups is 2. The van der Waals surface area contributed by atoms with Crippen LogP contribution in [0, 0.1) is 0 Å². The van der Waals surface area contributed by atoms with Crippen LogP contribution in [0.3, 0.4) is 0 Å². The van der Waals surface area contributed by atoms with Crippen LogP contribution in [0.15, 0.2) is 96.2 Å². The van der Waals surface area contributed by atoms with E-state index in [1.807, 2.05) is 36.4 Å². The van der Waals surface area contributed by atoms with E-state index >= 15 is 0 Å². The van der Waals surface area contributed by atoms with Gasteiger partial charge in [-0.15, -0.1) is 0 Å². The topological polar surface area (TPSA) is 138 Å². The Bertz CT molecular complexity index is 1840. The van der Waals surface area contributed by atoms with Gasteiger partial charge in [-0.1, -0.05) is 60.1 Å². The van der Waals surface area contributed by atoms with Gasteiger partial charge in [-0.05, 0) is 46.7 Å². The number of sulfonamides is 1. The SMILES string of the molecule is O=C(NC(Cc1ccc2ccccc2c1)C(=O)O)c1ccc(Cl)cc1NS(=O)(=O)c1cccc2nccnc12. The molecule has 0 fully saturated rings. The first kappa shape index (κ1) is 26.1. The van der Waals surface area contributed by atoms with Crippen molar-refractivity contribution in [3.05, 3.63) is 107 Å². The normalized spacial score (nSPS) is 12.2. The Labute approximate surface area is 228 Å². The predicted molar refractivity (Wildman–Crippen MR) is 148 cm³/mol. The molecule has 1 aromatic heterocycles. The Balaban J connectivity index is 1.42. The van der Waals surface area contributed by atoms with Gasteiger partial charge in [-0.3, -0.25) is 19.5 Å². The number of nitrogens with one attached hydrogen (secondary N) is 2. The van der Waals surface area contributed by atoms with Crippen LogP contribution >= 0.6 is 11.6 Å². The number of hydrogen-bond donors (Lipinski definition) is 3. The number of hydrogen-bond acceptors (Lipinski definition) is 6. The number of nitrogens with zero attached hydrogens (tertiary/aromatic N) is 2. The second-order valence-electron chi connectivity index (χ2n) is 8.73. The van der Waals surface area contributed by atoms with Crippen LogP contribution < -0.4 is 10.0 Å². The third-order valence-corrected chi connectivity index (χ3v) is 7.71. The van der Waals surface area contributed by atoms with Crippen LogP contribution in [-0.2, 0) is 21.2 Å². The molecule has 39 heavy (non-hydrogen) atoms. The fourth-order valence-electron chi connectivity index (χ4n) is 4.22. The van der Waals surface area contributed by atoms with Gasteiger partial charge in [-0.2, -0.15) is 0 Å². The van der Waals surface area contributed by atoms with E-state index in [1.54, 1.807) is 12.1 Å². The highest BCUT2D eigenvalue weighted by atomic mass is 35.5. The van der Waals surface area contributed by atoms with E-state index in [9.17, 15) is 23.1 Å². The molecule has 1 unspecified atom stereocenters. The van der Waals surface area contributed by atoms with Gasteiger partial charge in [0.2, 0.25) is 0 Å². The highest BCUT2D eigenvalue weighted by Crippen LogP contribution is 2.27. The van der Waals surface area contributed by atoms with Gasteiger partial charge in [0.05, 0.1) is 16.8 Å². The van der Waals surface area contributed by atoms with E-state index < -0.39 is 27.9 Å². The first-order valence-electron chi connectivity index (χ1n) is 11.7. The van der Waals surface area contributed by atoms with Crippen LogP contribution in [0.4, 0.5) is 5.69 Å². The molecule has 0 bridgehead atoms. The molecule has 0 spiro atoms. The minimum Gasteiger partial charge on any atom is -0.480 e. The summed E-state index contributed by atoms with van der Waals surface area (Å²) in [7, 11) is -4.23. The maximum atomic E-state index is 13.3. The number of benzene rings is 4. The molecule has 9 nitrogen and oxygen atoms in total. The van der Waals surface area contributed by atoms with Crippen molar-refractivity contribution in [3.63, 3.8) is 0 Å². The standard InChI is InChI=1S/C28H21ClN4O5S/c29-20-10-11-21(23(16-20)33-39(37,38)25-7-3-6-22-26(25)31-13-12-30-22)27(34)32-24(28(35)36)15-17-8-9-18-4-1-2-5-19(18)14-17/h1-14,16,24,33H,15H2,(H,32,34)(H,35,36). The smallest absolute Gasteiger partial charge is 0.326 e. The van der Waals surface area contributed by atoms with E-state index in [2.05, 4.69) is 20.0 Å². The number of halogens is 1. The summed E-state index contributed by atoms with van der Waals surface area (Å²) in [5.41, 5.74) is 1.04. The van der Waals surface area contributed by atoms with Gasteiger partial charge in [0.1, 0.15) is 16.5 Å². The maximum Gasteiger partial charge on any atom is 0.326 e. The molecule has 3 N–H and O–H groups in total. The monoisotopic (exact) mass is 560 g/mol. The summed E-state index contributed by atoms with van der Waals surface area (Å²) in [5, 5.41) is 14.5. The molecule has 11 heteroatoms. The van der Waals surface area contributed by atoms with Crippen LogP contribution in [0.1, 0.15) is 15.9 Å². The molecule has 5 aromatic rings. The summed E-state index contributed by atoms with van der Waals surface area (Å²) in [6.45, 7) is 0. The zero-order chi connectivity index (χ0) is 27.6. The fraction of sp³-hybridized carbons (Fsp3) is 0.0714. The number of carbonyl (C=O) groups excluding carboxylic acids is 1. The van der Waals surface area contributed by atoms with Gasteiger partial charge in [-0.25, -0.2) is 13.2 Å². The molecular formula is C28H21ClN4O5S. The number of fused-ring (bicyclic) bond motifs is 2. The molecule has 1 amide bonds. The van der Waals surface area contributed by atoms with Crippen molar-refractivity contribution in [1.82, 2.24) is 15.3 Å².